The van der Waals surface area contributed by atoms with Crippen molar-refractivity contribution in [3.8, 4) is 5.75 Å². The fourth-order valence-corrected chi connectivity index (χ4v) is 2.23. The molecule has 88 valence electrons. The summed E-state index contributed by atoms with van der Waals surface area (Å²) in [5.41, 5.74) is 0.766. The quantitative estimate of drug-likeness (QED) is 0.812. The molecule has 0 amide bonds. The molecule has 3 heteroatoms. The van der Waals surface area contributed by atoms with E-state index in [2.05, 4.69) is 12.2 Å². The Hall–Kier alpha value is -1.06. The van der Waals surface area contributed by atoms with Crippen LogP contribution in [-0.2, 0) is 5.54 Å². The van der Waals surface area contributed by atoms with Gasteiger partial charge in [0.2, 0.25) is 0 Å². The second kappa shape index (κ2) is 4.85. The molecule has 0 aromatic heterocycles. The van der Waals surface area contributed by atoms with Gasteiger partial charge in [0.05, 0.1) is 18.8 Å². The number of rotatable bonds is 4. The van der Waals surface area contributed by atoms with E-state index in [1.54, 1.807) is 0 Å². The average molecular weight is 221 g/mol. The van der Waals surface area contributed by atoms with Crippen molar-refractivity contribution in [2.45, 2.75) is 25.3 Å². The zero-order chi connectivity index (χ0) is 11.4. The lowest BCUT2D eigenvalue weighted by Gasteiger charge is -2.38. The molecule has 0 fully saturated rings. The molecule has 1 aromatic rings. The van der Waals surface area contributed by atoms with Gasteiger partial charge in [-0.2, -0.15) is 0 Å². The molecule has 2 rings (SSSR count). The molecular weight excluding hydrogens is 202 g/mol. The van der Waals surface area contributed by atoms with Crippen molar-refractivity contribution in [2.75, 3.05) is 19.8 Å². The van der Waals surface area contributed by atoms with Crippen LogP contribution in [0, 0.1) is 0 Å². The standard InChI is InChI=1S/C13H19NO2/c1-2-8-14-13(10-15)7-9-16-12-6-4-3-5-11(12)13/h3-6,14-15H,2,7-10H2,1H3. The maximum atomic E-state index is 9.70. The van der Waals surface area contributed by atoms with Crippen LogP contribution in [0.1, 0.15) is 25.3 Å². The Morgan fingerprint density at radius 3 is 3.00 bits per heavy atom. The Morgan fingerprint density at radius 1 is 1.44 bits per heavy atom. The van der Waals surface area contributed by atoms with Crippen LogP contribution in [0.2, 0.25) is 0 Å². The summed E-state index contributed by atoms with van der Waals surface area (Å²) in [4.78, 5) is 0. The Bertz CT molecular complexity index is 354. The van der Waals surface area contributed by atoms with Crippen molar-refractivity contribution in [3.63, 3.8) is 0 Å². The van der Waals surface area contributed by atoms with Gasteiger partial charge in [0.25, 0.3) is 0 Å². The SMILES string of the molecule is CCCNC1(CO)CCOc2ccccc21. The van der Waals surface area contributed by atoms with E-state index in [1.165, 1.54) is 0 Å². The van der Waals surface area contributed by atoms with Crippen LogP contribution in [0.3, 0.4) is 0 Å². The van der Waals surface area contributed by atoms with Gasteiger partial charge in [-0.15, -0.1) is 0 Å². The summed E-state index contributed by atoms with van der Waals surface area (Å²) < 4.78 is 5.61. The maximum Gasteiger partial charge on any atom is 0.124 e. The second-order valence-corrected chi connectivity index (χ2v) is 4.26. The summed E-state index contributed by atoms with van der Waals surface area (Å²) in [6.07, 6.45) is 1.88. The maximum absolute atomic E-state index is 9.70. The van der Waals surface area contributed by atoms with Gasteiger partial charge in [0, 0.05) is 12.0 Å². The number of fused-ring (bicyclic) bond motifs is 1. The monoisotopic (exact) mass is 221 g/mol. The molecule has 16 heavy (non-hydrogen) atoms. The number of ether oxygens (including phenoxy) is 1. The molecule has 1 unspecified atom stereocenters. The van der Waals surface area contributed by atoms with Crippen LogP contribution in [0.4, 0.5) is 0 Å². The highest BCUT2D eigenvalue weighted by Crippen LogP contribution is 2.36. The van der Waals surface area contributed by atoms with Crippen LogP contribution in [0.5, 0.6) is 5.75 Å². The van der Waals surface area contributed by atoms with Gasteiger partial charge < -0.3 is 15.2 Å². The lowest BCUT2D eigenvalue weighted by Crippen LogP contribution is -2.49. The Morgan fingerprint density at radius 2 is 2.25 bits per heavy atom. The molecule has 3 nitrogen and oxygen atoms in total. The molecule has 0 radical (unpaired) electrons. The largest absolute Gasteiger partial charge is 0.493 e. The minimum Gasteiger partial charge on any atom is -0.493 e. The van der Waals surface area contributed by atoms with Crippen molar-refractivity contribution in [2.24, 2.45) is 0 Å². The highest BCUT2D eigenvalue weighted by Gasteiger charge is 2.36. The lowest BCUT2D eigenvalue weighted by molar-refractivity contribution is 0.107. The highest BCUT2D eigenvalue weighted by atomic mass is 16.5. The summed E-state index contributed by atoms with van der Waals surface area (Å²) in [7, 11) is 0. The fourth-order valence-electron chi connectivity index (χ4n) is 2.23. The Balaban J connectivity index is 2.33. The first kappa shape index (κ1) is 11.4. The zero-order valence-corrected chi connectivity index (χ0v) is 9.70. The fraction of sp³-hybridized carbons (Fsp3) is 0.538. The van der Waals surface area contributed by atoms with Crippen LogP contribution in [-0.4, -0.2) is 24.9 Å². The van der Waals surface area contributed by atoms with Gasteiger partial charge in [0.15, 0.2) is 0 Å². The van der Waals surface area contributed by atoms with Crippen molar-refractivity contribution < 1.29 is 9.84 Å². The van der Waals surface area contributed by atoms with Crippen LogP contribution >= 0.6 is 0 Å². The zero-order valence-electron chi connectivity index (χ0n) is 9.70. The van der Waals surface area contributed by atoms with E-state index in [-0.39, 0.29) is 12.1 Å². The first-order valence-corrected chi connectivity index (χ1v) is 5.90. The molecule has 0 aliphatic carbocycles. The van der Waals surface area contributed by atoms with E-state index < -0.39 is 0 Å². The van der Waals surface area contributed by atoms with Crippen LogP contribution < -0.4 is 10.1 Å². The van der Waals surface area contributed by atoms with E-state index >= 15 is 0 Å². The molecule has 1 atom stereocenters. The number of aliphatic hydroxyl groups excluding tert-OH is 1. The third-order valence-corrected chi connectivity index (χ3v) is 3.17. The number of hydrogen-bond acceptors (Lipinski definition) is 3. The average Bonchev–Trinajstić information content (AvgIpc) is 2.36. The number of hydrogen-bond donors (Lipinski definition) is 2. The number of benzene rings is 1. The first-order valence-electron chi connectivity index (χ1n) is 5.90. The van der Waals surface area contributed by atoms with E-state index in [4.69, 9.17) is 4.74 Å². The topological polar surface area (TPSA) is 41.5 Å². The van der Waals surface area contributed by atoms with E-state index in [1.807, 2.05) is 24.3 Å². The van der Waals surface area contributed by atoms with Crippen molar-refractivity contribution in [3.05, 3.63) is 29.8 Å². The molecule has 0 bridgehead atoms. The molecule has 0 saturated heterocycles. The second-order valence-electron chi connectivity index (χ2n) is 4.26. The van der Waals surface area contributed by atoms with Gasteiger partial charge >= 0.3 is 0 Å². The number of aliphatic hydroxyl groups is 1. The van der Waals surface area contributed by atoms with Crippen molar-refractivity contribution in [1.29, 1.82) is 0 Å². The molecular formula is C13H19NO2. The van der Waals surface area contributed by atoms with Gasteiger partial charge in [-0.05, 0) is 19.0 Å². The molecule has 2 N–H and O–H groups in total. The molecule has 1 aliphatic heterocycles. The Labute approximate surface area is 96.4 Å². The van der Waals surface area contributed by atoms with Gasteiger partial charge in [-0.3, -0.25) is 0 Å². The Kier molecular flexibility index (Phi) is 3.46. The van der Waals surface area contributed by atoms with Crippen molar-refractivity contribution >= 4 is 0 Å². The van der Waals surface area contributed by atoms with Gasteiger partial charge in [0.1, 0.15) is 5.75 Å². The van der Waals surface area contributed by atoms with E-state index in [9.17, 15) is 5.11 Å². The summed E-state index contributed by atoms with van der Waals surface area (Å²) in [5.74, 6) is 0.895. The van der Waals surface area contributed by atoms with Gasteiger partial charge in [-0.25, -0.2) is 0 Å². The first-order chi connectivity index (χ1) is 7.82. The van der Waals surface area contributed by atoms with E-state index in [0.717, 1.165) is 30.7 Å². The van der Waals surface area contributed by atoms with Crippen molar-refractivity contribution in [1.82, 2.24) is 5.32 Å². The molecule has 1 aliphatic rings. The summed E-state index contributed by atoms with van der Waals surface area (Å²) in [6.45, 7) is 3.82. The van der Waals surface area contributed by atoms with Gasteiger partial charge in [-0.1, -0.05) is 25.1 Å². The molecule has 0 spiro atoms. The minimum absolute atomic E-state index is 0.118. The number of nitrogens with one attached hydrogen (secondary N) is 1. The summed E-state index contributed by atoms with van der Waals surface area (Å²) in [5, 5.41) is 13.2. The summed E-state index contributed by atoms with van der Waals surface area (Å²) in [6, 6.07) is 7.96. The molecule has 1 heterocycles. The normalized spacial score (nSPS) is 23.6. The predicted molar refractivity (Wildman–Crippen MR) is 63.6 cm³/mol. The minimum atomic E-state index is -0.315. The highest BCUT2D eigenvalue weighted by molar-refractivity contribution is 5.41. The molecule has 1 aromatic carbocycles. The number of para-hydroxylation sites is 1. The lowest BCUT2D eigenvalue weighted by atomic mass is 9.85. The van der Waals surface area contributed by atoms with Crippen LogP contribution in [0.15, 0.2) is 24.3 Å². The van der Waals surface area contributed by atoms with Crippen LogP contribution in [0.25, 0.3) is 0 Å². The molecule has 0 saturated carbocycles. The smallest absolute Gasteiger partial charge is 0.124 e. The predicted octanol–water partition coefficient (Wildman–Crippen LogP) is 1.66. The third-order valence-electron chi connectivity index (χ3n) is 3.17. The third kappa shape index (κ3) is 1.93. The summed E-state index contributed by atoms with van der Waals surface area (Å²) >= 11 is 0. The van der Waals surface area contributed by atoms with E-state index in [0.29, 0.717) is 6.61 Å².